The maximum atomic E-state index is 12.6. The van der Waals surface area contributed by atoms with Gasteiger partial charge in [-0.15, -0.1) is 0 Å². The predicted molar refractivity (Wildman–Crippen MR) is 89.1 cm³/mol. The molecule has 1 heterocycles. The van der Waals surface area contributed by atoms with E-state index in [1.807, 2.05) is 0 Å². The molecule has 0 aliphatic heterocycles. The van der Waals surface area contributed by atoms with Gasteiger partial charge in [0, 0.05) is 5.56 Å². The molecular weight excluding hydrogens is 338 g/mol. The molecule has 4 nitrogen and oxygen atoms in total. The highest BCUT2D eigenvalue weighted by Crippen LogP contribution is 2.33. The van der Waals surface area contributed by atoms with Crippen molar-refractivity contribution in [1.29, 1.82) is 0 Å². The molecule has 0 saturated carbocycles. The zero-order chi connectivity index (χ0) is 16.9. The van der Waals surface area contributed by atoms with Crippen LogP contribution >= 0.6 is 23.2 Å². The Morgan fingerprint density at radius 2 is 1.83 bits per heavy atom. The zero-order valence-electron chi connectivity index (χ0n) is 12.2. The molecule has 0 fully saturated rings. The van der Waals surface area contributed by atoms with Crippen molar-refractivity contribution < 1.29 is 18.8 Å². The van der Waals surface area contributed by atoms with Gasteiger partial charge in [0.1, 0.15) is 19.9 Å². The van der Waals surface area contributed by atoms with E-state index in [0.29, 0.717) is 16.1 Å². The number of hydrogen-bond acceptors (Lipinski definition) is 4. The lowest BCUT2D eigenvalue weighted by molar-refractivity contribution is -0.111. The molecule has 1 aromatic carbocycles. The number of furan rings is 1. The van der Waals surface area contributed by atoms with Gasteiger partial charge in [-0.05, 0) is 36.2 Å². The first kappa shape index (κ1) is 15.8. The topological polar surface area (TPSA) is 64.3 Å². The summed E-state index contributed by atoms with van der Waals surface area (Å²) in [6.45, 7) is 1.68. The van der Waals surface area contributed by atoms with E-state index >= 15 is 0 Å². The Morgan fingerprint density at radius 1 is 1.13 bits per heavy atom. The molecule has 2 aromatic rings. The molecule has 1 aliphatic rings. The number of benzene rings is 1. The van der Waals surface area contributed by atoms with Crippen molar-refractivity contribution in [2.75, 3.05) is 0 Å². The SMILES string of the molecule is BC1=C(C)c2occ(C(=O)c3ccc(Cl)c(Cl)c3)c2C(=O)C1=O. The van der Waals surface area contributed by atoms with Crippen molar-refractivity contribution in [3.8, 4) is 0 Å². The summed E-state index contributed by atoms with van der Waals surface area (Å²) in [5, 5.41) is 0.544. The molecule has 0 atom stereocenters. The van der Waals surface area contributed by atoms with Crippen molar-refractivity contribution in [3.05, 3.63) is 62.4 Å². The van der Waals surface area contributed by atoms with Gasteiger partial charge in [-0.25, -0.2) is 0 Å². The van der Waals surface area contributed by atoms with E-state index in [9.17, 15) is 14.4 Å². The van der Waals surface area contributed by atoms with Crippen LogP contribution in [0.5, 0.6) is 0 Å². The molecule has 0 N–H and O–H groups in total. The van der Waals surface area contributed by atoms with E-state index in [4.69, 9.17) is 27.6 Å². The molecule has 0 unspecified atom stereocenters. The molecule has 0 saturated heterocycles. The molecule has 7 heteroatoms. The van der Waals surface area contributed by atoms with E-state index in [-0.39, 0.29) is 27.5 Å². The Kier molecular flexibility index (Phi) is 3.78. The van der Waals surface area contributed by atoms with Crippen molar-refractivity contribution in [3.63, 3.8) is 0 Å². The fourth-order valence-electron chi connectivity index (χ4n) is 2.44. The summed E-state index contributed by atoms with van der Waals surface area (Å²) >= 11 is 11.8. The van der Waals surface area contributed by atoms with Crippen LogP contribution in [-0.4, -0.2) is 25.2 Å². The van der Waals surface area contributed by atoms with Gasteiger partial charge >= 0.3 is 0 Å². The minimum Gasteiger partial charge on any atom is -0.463 e. The second-order valence-electron chi connectivity index (χ2n) is 5.22. The lowest BCUT2D eigenvalue weighted by atomic mass is 9.77. The van der Waals surface area contributed by atoms with Crippen molar-refractivity contribution in [1.82, 2.24) is 0 Å². The van der Waals surface area contributed by atoms with Crippen LogP contribution in [-0.2, 0) is 4.79 Å². The monoisotopic (exact) mass is 346 g/mol. The van der Waals surface area contributed by atoms with Crippen LogP contribution in [0.25, 0.3) is 5.57 Å². The van der Waals surface area contributed by atoms with Crippen molar-refractivity contribution in [2.45, 2.75) is 6.92 Å². The van der Waals surface area contributed by atoms with Crippen LogP contribution < -0.4 is 0 Å². The Bertz CT molecular complexity index is 924. The Labute approximate surface area is 142 Å². The van der Waals surface area contributed by atoms with Gasteiger partial charge in [0.25, 0.3) is 0 Å². The Morgan fingerprint density at radius 3 is 2.48 bits per heavy atom. The number of carbonyl (C=O) groups is 3. The summed E-state index contributed by atoms with van der Waals surface area (Å²) in [6, 6.07) is 4.40. The van der Waals surface area contributed by atoms with Gasteiger partial charge < -0.3 is 4.42 Å². The third-order valence-corrected chi connectivity index (χ3v) is 4.63. The summed E-state index contributed by atoms with van der Waals surface area (Å²) in [5.41, 5.74) is 1.19. The minimum atomic E-state index is -0.736. The number of ketones is 3. The van der Waals surface area contributed by atoms with Gasteiger partial charge in [0.2, 0.25) is 11.6 Å². The largest absolute Gasteiger partial charge is 0.463 e. The molecule has 0 amide bonds. The fourth-order valence-corrected chi connectivity index (χ4v) is 2.74. The van der Waals surface area contributed by atoms with Gasteiger partial charge in [-0.1, -0.05) is 23.2 Å². The lowest BCUT2D eigenvalue weighted by Crippen LogP contribution is -2.24. The van der Waals surface area contributed by atoms with Crippen molar-refractivity contribution in [2.24, 2.45) is 0 Å². The molecule has 0 spiro atoms. The van der Waals surface area contributed by atoms with Crippen LogP contribution in [0.15, 0.2) is 34.4 Å². The van der Waals surface area contributed by atoms with Crippen LogP contribution in [0.1, 0.15) is 39.0 Å². The molecule has 0 bridgehead atoms. The predicted octanol–water partition coefficient (Wildman–Crippen LogP) is 2.95. The van der Waals surface area contributed by atoms with E-state index in [2.05, 4.69) is 0 Å². The number of hydrogen-bond donors (Lipinski definition) is 0. The average molecular weight is 347 g/mol. The number of halogens is 2. The quantitative estimate of drug-likeness (QED) is 0.476. The standard InChI is InChI=1S/C16H9BCl2O4/c1-6-12(17)15(22)14(21)11-8(5-23-16(6)11)13(20)7-2-3-9(18)10(19)4-7/h2-5H,17H2,1H3. The summed E-state index contributed by atoms with van der Waals surface area (Å²) in [7, 11) is 1.56. The maximum absolute atomic E-state index is 12.6. The Balaban J connectivity index is 2.15. The number of fused-ring (bicyclic) bond motifs is 1. The lowest BCUT2D eigenvalue weighted by Gasteiger charge is -2.13. The van der Waals surface area contributed by atoms with Gasteiger partial charge in [0.15, 0.2) is 5.78 Å². The van der Waals surface area contributed by atoms with Crippen LogP contribution in [0.2, 0.25) is 10.0 Å². The van der Waals surface area contributed by atoms with E-state index in [1.165, 1.54) is 24.5 Å². The maximum Gasteiger partial charge on any atom is 0.236 e. The molecule has 1 aromatic heterocycles. The number of allylic oxidation sites excluding steroid dienone is 2. The van der Waals surface area contributed by atoms with Crippen LogP contribution in [0.3, 0.4) is 0 Å². The van der Waals surface area contributed by atoms with E-state index in [1.54, 1.807) is 14.8 Å². The highest BCUT2D eigenvalue weighted by atomic mass is 35.5. The number of carbonyl (C=O) groups excluding carboxylic acids is 3. The van der Waals surface area contributed by atoms with Gasteiger partial charge in [0.05, 0.1) is 21.2 Å². The smallest absolute Gasteiger partial charge is 0.236 e. The highest BCUT2D eigenvalue weighted by Gasteiger charge is 2.35. The van der Waals surface area contributed by atoms with E-state index < -0.39 is 17.3 Å². The molecule has 114 valence electrons. The summed E-state index contributed by atoms with van der Waals surface area (Å²) in [6.07, 6.45) is 1.20. The second kappa shape index (κ2) is 5.51. The molecular formula is C16H9BCl2O4. The summed E-state index contributed by atoms with van der Waals surface area (Å²) in [5.74, 6) is -1.56. The third-order valence-electron chi connectivity index (χ3n) is 3.89. The normalized spacial score (nSPS) is 14.2. The van der Waals surface area contributed by atoms with Crippen LogP contribution in [0, 0.1) is 0 Å². The molecule has 23 heavy (non-hydrogen) atoms. The fraction of sp³-hybridized carbons (Fsp3) is 0.0625. The highest BCUT2D eigenvalue weighted by molar-refractivity contribution is 6.62. The Hall–Kier alpha value is -2.11. The first-order chi connectivity index (χ1) is 10.8. The summed E-state index contributed by atoms with van der Waals surface area (Å²) < 4.78 is 5.37. The number of rotatable bonds is 2. The van der Waals surface area contributed by atoms with Crippen LogP contribution in [0.4, 0.5) is 0 Å². The first-order valence-corrected chi connectivity index (χ1v) is 7.46. The minimum absolute atomic E-state index is 0.00849. The first-order valence-electron chi connectivity index (χ1n) is 6.71. The third kappa shape index (κ3) is 2.37. The van der Waals surface area contributed by atoms with E-state index in [0.717, 1.165) is 0 Å². The van der Waals surface area contributed by atoms with Crippen molar-refractivity contribution >= 4 is 54.0 Å². The number of Topliss-reactive ketones (excluding diaryl/α,β-unsaturated/α-hetero) is 2. The summed E-state index contributed by atoms with van der Waals surface area (Å²) in [4.78, 5) is 36.9. The second-order valence-corrected chi connectivity index (χ2v) is 6.03. The molecule has 0 radical (unpaired) electrons. The van der Waals surface area contributed by atoms with Gasteiger partial charge in [-0.2, -0.15) is 0 Å². The molecule has 3 rings (SSSR count). The average Bonchev–Trinajstić information content (AvgIpc) is 2.97. The molecule has 1 aliphatic carbocycles. The zero-order valence-corrected chi connectivity index (χ0v) is 13.7. The van der Waals surface area contributed by atoms with Gasteiger partial charge in [-0.3, -0.25) is 14.4 Å².